The first-order chi connectivity index (χ1) is 16.5. The lowest BCUT2D eigenvalue weighted by Gasteiger charge is -2.25. The molecule has 2 N–H and O–H groups in total. The largest absolute Gasteiger partial charge is 0.494 e. The first kappa shape index (κ1) is 27.1. The number of nitrogens with zero attached hydrogens (tertiary/aromatic N) is 1. The Hall–Kier alpha value is -2.47. The molecule has 1 atom stereocenters. The topological polar surface area (TPSA) is 122 Å². The molecule has 11 heteroatoms. The van der Waals surface area contributed by atoms with Gasteiger partial charge in [-0.05, 0) is 75.1 Å². The Labute approximate surface area is 208 Å². The number of aryl methyl sites for hydroxylation is 1. The van der Waals surface area contributed by atoms with E-state index in [0.29, 0.717) is 36.6 Å². The van der Waals surface area contributed by atoms with Crippen LogP contribution in [0.25, 0.3) is 0 Å². The van der Waals surface area contributed by atoms with E-state index < -0.39 is 32.0 Å². The van der Waals surface area contributed by atoms with Crippen LogP contribution in [0.3, 0.4) is 0 Å². The van der Waals surface area contributed by atoms with Crippen LogP contribution >= 0.6 is 0 Å². The number of nitrogens with one attached hydrogen (secondary N) is 2. The fraction of sp³-hybridized carbons (Fsp3) is 0.458. The van der Waals surface area contributed by atoms with Gasteiger partial charge in [0.25, 0.3) is 0 Å². The Kier molecular flexibility index (Phi) is 8.92. The minimum absolute atomic E-state index is 0.0450. The Morgan fingerprint density at radius 3 is 2.23 bits per heavy atom. The van der Waals surface area contributed by atoms with Crippen molar-refractivity contribution in [1.29, 1.82) is 0 Å². The number of carbonyl (C=O) groups is 1. The minimum atomic E-state index is -3.91. The van der Waals surface area contributed by atoms with Crippen molar-refractivity contribution < 1.29 is 26.4 Å². The molecule has 1 amide bonds. The third-order valence-corrected chi connectivity index (χ3v) is 9.28. The van der Waals surface area contributed by atoms with E-state index in [0.717, 1.165) is 19.3 Å². The molecule has 0 unspecified atom stereocenters. The molecule has 0 aromatic heterocycles. The Morgan fingerprint density at radius 1 is 1.00 bits per heavy atom. The van der Waals surface area contributed by atoms with Gasteiger partial charge in [0.1, 0.15) is 5.75 Å². The zero-order valence-corrected chi connectivity index (χ0v) is 21.9. The van der Waals surface area contributed by atoms with Gasteiger partial charge in [0.15, 0.2) is 0 Å². The Bertz CT molecular complexity index is 1240. The Morgan fingerprint density at radius 2 is 1.63 bits per heavy atom. The second-order valence-corrected chi connectivity index (χ2v) is 12.2. The fourth-order valence-corrected chi connectivity index (χ4v) is 6.64. The summed E-state index contributed by atoms with van der Waals surface area (Å²) in [5.74, 6) is 0.105. The predicted octanol–water partition coefficient (Wildman–Crippen LogP) is 2.55. The summed E-state index contributed by atoms with van der Waals surface area (Å²) in [6, 6.07) is 9.88. The zero-order chi connectivity index (χ0) is 25.6. The maximum Gasteiger partial charge on any atom is 0.243 e. The molecule has 0 saturated carbocycles. The zero-order valence-electron chi connectivity index (χ0n) is 20.3. The molecule has 1 aliphatic rings. The predicted molar refractivity (Wildman–Crippen MR) is 133 cm³/mol. The summed E-state index contributed by atoms with van der Waals surface area (Å²) in [7, 11) is -7.43. The summed E-state index contributed by atoms with van der Waals surface area (Å²) in [6.07, 6.45) is 2.77. The fourth-order valence-electron chi connectivity index (χ4n) is 3.84. The molecule has 35 heavy (non-hydrogen) atoms. The molecule has 192 valence electrons. The van der Waals surface area contributed by atoms with Gasteiger partial charge in [-0.25, -0.2) is 16.8 Å². The van der Waals surface area contributed by atoms with Crippen LogP contribution in [-0.4, -0.2) is 52.8 Å². The van der Waals surface area contributed by atoms with E-state index in [-0.39, 0.29) is 16.3 Å². The van der Waals surface area contributed by atoms with Gasteiger partial charge in [-0.1, -0.05) is 18.6 Å². The maximum atomic E-state index is 12.8. The quantitative estimate of drug-likeness (QED) is 0.494. The molecular formula is C24H33N3O6S2. The minimum Gasteiger partial charge on any atom is -0.494 e. The monoisotopic (exact) mass is 523 g/mol. The third kappa shape index (κ3) is 6.81. The molecule has 1 fully saturated rings. The first-order valence-corrected chi connectivity index (χ1v) is 14.6. The van der Waals surface area contributed by atoms with Gasteiger partial charge in [-0.15, -0.1) is 0 Å². The molecule has 0 bridgehead atoms. The van der Waals surface area contributed by atoms with Crippen LogP contribution in [0.5, 0.6) is 5.75 Å². The van der Waals surface area contributed by atoms with Crippen molar-refractivity contribution in [3.8, 4) is 5.75 Å². The standard InChI is InChI=1S/C24H33N3O6S2/c1-4-33-23-13-12-22(16-18(23)2)34(29,30)26-19(3)24(28)25-17-20-8-10-21(11-9-20)35(31,32)27-14-6-5-7-15-27/h8-13,16,19,26H,4-7,14-15,17H2,1-3H3,(H,25,28)/t19-/m1/s1. The summed E-state index contributed by atoms with van der Waals surface area (Å²) in [4.78, 5) is 12.8. The van der Waals surface area contributed by atoms with Crippen molar-refractivity contribution in [3.63, 3.8) is 0 Å². The lowest BCUT2D eigenvalue weighted by molar-refractivity contribution is -0.122. The smallest absolute Gasteiger partial charge is 0.243 e. The molecule has 2 aromatic carbocycles. The van der Waals surface area contributed by atoms with Crippen molar-refractivity contribution in [2.24, 2.45) is 0 Å². The van der Waals surface area contributed by atoms with Crippen molar-refractivity contribution in [1.82, 2.24) is 14.3 Å². The summed E-state index contributed by atoms with van der Waals surface area (Å²) < 4.78 is 60.3. The van der Waals surface area contributed by atoms with Gasteiger partial charge >= 0.3 is 0 Å². The number of benzene rings is 2. The Balaban J connectivity index is 1.57. The molecule has 2 aromatic rings. The summed E-state index contributed by atoms with van der Waals surface area (Å²) in [5.41, 5.74) is 1.38. The molecule has 0 aliphatic carbocycles. The molecule has 9 nitrogen and oxygen atoms in total. The van der Waals surface area contributed by atoms with Gasteiger partial charge in [0, 0.05) is 19.6 Å². The summed E-state index contributed by atoms with van der Waals surface area (Å²) >= 11 is 0. The number of piperidine rings is 1. The molecular weight excluding hydrogens is 490 g/mol. The van der Waals surface area contributed by atoms with Gasteiger partial charge in [0.05, 0.1) is 22.4 Å². The number of amides is 1. The SMILES string of the molecule is CCOc1ccc(S(=O)(=O)N[C@H](C)C(=O)NCc2ccc(S(=O)(=O)N3CCCCC3)cc2)cc1C. The van der Waals surface area contributed by atoms with E-state index in [9.17, 15) is 21.6 Å². The van der Waals surface area contributed by atoms with Crippen LogP contribution in [0.15, 0.2) is 52.3 Å². The average Bonchev–Trinajstić information content (AvgIpc) is 2.84. The van der Waals surface area contributed by atoms with Gasteiger partial charge in [-0.3, -0.25) is 4.79 Å². The molecule has 0 spiro atoms. The second kappa shape index (κ2) is 11.5. The molecule has 1 saturated heterocycles. The number of carbonyl (C=O) groups excluding carboxylic acids is 1. The van der Waals surface area contributed by atoms with Crippen molar-refractivity contribution in [2.45, 2.75) is 62.4 Å². The number of rotatable bonds is 10. The number of hydrogen-bond donors (Lipinski definition) is 2. The highest BCUT2D eigenvalue weighted by Gasteiger charge is 2.26. The van der Waals surface area contributed by atoms with Gasteiger partial charge in [-0.2, -0.15) is 9.03 Å². The number of ether oxygens (including phenoxy) is 1. The number of hydrogen-bond acceptors (Lipinski definition) is 6. The van der Waals surface area contributed by atoms with E-state index in [1.807, 2.05) is 6.92 Å². The van der Waals surface area contributed by atoms with E-state index >= 15 is 0 Å². The summed E-state index contributed by atoms with van der Waals surface area (Å²) in [6.45, 7) is 6.73. The molecule has 3 rings (SSSR count). The van der Waals surface area contributed by atoms with Crippen molar-refractivity contribution >= 4 is 26.0 Å². The first-order valence-electron chi connectivity index (χ1n) is 11.7. The third-order valence-electron chi connectivity index (χ3n) is 5.82. The lowest BCUT2D eigenvalue weighted by atomic mass is 10.2. The highest BCUT2D eigenvalue weighted by atomic mass is 32.2. The number of sulfonamides is 2. The van der Waals surface area contributed by atoms with Crippen LogP contribution in [0.1, 0.15) is 44.2 Å². The average molecular weight is 524 g/mol. The van der Waals surface area contributed by atoms with Gasteiger partial charge < -0.3 is 10.1 Å². The normalized spacial score (nSPS) is 16.0. The van der Waals surface area contributed by atoms with E-state index in [1.54, 1.807) is 25.1 Å². The van der Waals surface area contributed by atoms with Crippen molar-refractivity contribution in [2.75, 3.05) is 19.7 Å². The summed E-state index contributed by atoms with van der Waals surface area (Å²) in [5, 5.41) is 2.69. The van der Waals surface area contributed by atoms with E-state index in [4.69, 9.17) is 4.74 Å². The van der Waals surface area contributed by atoms with Gasteiger partial charge in [0.2, 0.25) is 26.0 Å². The lowest BCUT2D eigenvalue weighted by Crippen LogP contribution is -2.44. The highest BCUT2D eigenvalue weighted by molar-refractivity contribution is 7.89. The maximum absolute atomic E-state index is 12.8. The van der Waals surface area contributed by atoms with Crippen LogP contribution in [0, 0.1) is 6.92 Å². The highest BCUT2D eigenvalue weighted by Crippen LogP contribution is 2.22. The van der Waals surface area contributed by atoms with E-state index in [1.165, 1.54) is 35.5 Å². The van der Waals surface area contributed by atoms with E-state index in [2.05, 4.69) is 10.0 Å². The van der Waals surface area contributed by atoms with Crippen LogP contribution in [0.4, 0.5) is 0 Å². The van der Waals surface area contributed by atoms with Crippen LogP contribution in [-0.2, 0) is 31.4 Å². The molecule has 1 aliphatic heterocycles. The second-order valence-electron chi connectivity index (χ2n) is 8.53. The van der Waals surface area contributed by atoms with Crippen molar-refractivity contribution in [3.05, 3.63) is 53.6 Å². The van der Waals surface area contributed by atoms with Crippen LogP contribution < -0.4 is 14.8 Å². The van der Waals surface area contributed by atoms with Crippen LogP contribution in [0.2, 0.25) is 0 Å². The molecule has 0 radical (unpaired) electrons. The molecule has 1 heterocycles.